The predicted octanol–water partition coefficient (Wildman–Crippen LogP) is 0.808. The molecule has 22 heavy (non-hydrogen) atoms. The molecule has 0 unspecified atom stereocenters. The lowest BCUT2D eigenvalue weighted by molar-refractivity contribution is -0.122. The molecule has 3 N–H and O–H groups in total. The summed E-state index contributed by atoms with van der Waals surface area (Å²) in [6.07, 6.45) is 0.922. The SMILES string of the molecule is CCCNC(=S)NNC(=O)Cn1c(=O)oc2ccc(C)cc21. The van der Waals surface area contributed by atoms with Crippen LogP contribution in [0.25, 0.3) is 11.1 Å². The zero-order valence-electron chi connectivity index (χ0n) is 12.4. The summed E-state index contributed by atoms with van der Waals surface area (Å²) in [5, 5.41) is 3.24. The molecule has 0 spiro atoms. The van der Waals surface area contributed by atoms with E-state index in [-0.39, 0.29) is 6.54 Å². The van der Waals surface area contributed by atoms with Crippen LogP contribution in [0.15, 0.2) is 27.4 Å². The van der Waals surface area contributed by atoms with Crippen LogP contribution in [0.1, 0.15) is 18.9 Å². The molecule has 0 saturated heterocycles. The highest BCUT2D eigenvalue weighted by Crippen LogP contribution is 2.14. The number of hydrazine groups is 1. The summed E-state index contributed by atoms with van der Waals surface area (Å²) in [6.45, 7) is 4.47. The van der Waals surface area contributed by atoms with E-state index in [4.69, 9.17) is 16.6 Å². The van der Waals surface area contributed by atoms with Crippen LogP contribution in [0.5, 0.6) is 0 Å². The standard InChI is InChI=1S/C14H18N4O3S/c1-3-6-15-13(22)17-16-12(19)8-18-10-7-9(2)4-5-11(10)21-14(18)20/h4-5,7H,3,6,8H2,1-2H3,(H,16,19)(H2,15,17,22). The average Bonchev–Trinajstić information content (AvgIpc) is 2.79. The van der Waals surface area contributed by atoms with Crippen LogP contribution in [0, 0.1) is 6.92 Å². The van der Waals surface area contributed by atoms with Gasteiger partial charge in [0.05, 0.1) is 5.52 Å². The first kappa shape index (κ1) is 16.0. The molecule has 0 atom stereocenters. The van der Waals surface area contributed by atoms with Crippen molar-refractivity contribution in [3.05, 3.63) is 34.3 Å². The van der Waals surface area contributed by atoms with Crippen LogP contribution < -0.4 is 21.9 Å². The maximum atomic E-state index is 11.9. The van der Waals surface area contributed by atoms with Crippen molar-refractivity contribution in [2.45, 2.75) is 26.8 Å². The molecule has 1 aromatic carbocycles. The van der Waals surface area contributed by atoms with Crippen molar-refractivity contribution < 1.29 is 9.21 Å². The topological polar surface area (TPSA) is 88.3 Å². The number of oxazole rings is 1. The third-order valence-corrected chi connectivity index (χ3v) is 3.22. The van der Waals surface area contributed by atoms with Gasteiger partial charge in [0.25, 0.3) is 5.91 Å². The van der Waals surface area contributed by atoms with Crippen LogP contribution in [0.4, 0.5) is 0 Å². The number of benzene rings is 1. The van der Waals surface area contributed by atoms with Gasteiger partial charge in [-0.2, -0.15) is 0 Å². The summed E-state index contributed by atoms with van der Waals surface area (Å²) in [5.74, 6) is -0.964. The predicted molar refractivity (Wildman–Crippen MR) is 87.4 cm³/mol. The van der Waals surface area contributed by atoms with Crippen LogP contribution in [0.2, 0.25) is 0 Å². The van der Waals surface area contributed by atoms with E-state index >= 15 is 0 Å². The molecule has 0 saturated carbocycles. The highest BCUT2D eigenvalue weighted by Gasteiger charge is 2.12. The van der Waals surface area contributed by atoms with Crippen LogP contribution in [0.3, 0.4) is 0 Å². The van der Waals surface area contributed by atoms with E-state index in [2.05, 4.69) is 16.2 Å². The molecule has 0 aliphatic carbocycles. The van der Waals surface area contributed by atoms with E-state index in [9.17, 15) is 9.59 Å². The highest BCUT2D eigenvalue weighted by molar-refractivity contribution is 7.80. The van der Waals surface area contributed by atoms with E-state index < -0.39 is 11.7 Å². The summed E-state index contributed by atoms with van der Waals surface area (Å²) in [4.78, 5) is 23.7. The number of thiocarbonyl (C=S) groups is 1. The average molecular weight is 322 g/mol. The van der Waals surface area contributed by atoms with Crippen molar-refractivity contribution in [3.63, 3.8) is 0 Å². The van der Waals surface area contributed by atoms with Gasteiger partial charge in [-0.3, -0.25) is 20.2 Å². The molecule has 118 valence electrons. The smallest absolute Gasteiger partial charge is 0.408 e. The largest absolute Gasteiger partial charge is 0.420 e. The minimum Gasteiger partial charge on any atom is -0.408 e. The number of carbonyl (C=O) groups excluding carboxylic acids is 1. The minimum absolute atomic E-state index is 0.154. The molecule has 1 amide bonds. The first-order valence-electron chi connectivity index (χ1n) is 6.94. The van der Waals surface area contributed by atoms with Crippen LogP contribution in [-0.4, -0.2) is 22.1 Å². The summed E-state index contributed by atoms with van der Waals surface area (Å²) in [7, 11) is 0. The number of nitrogens with one attached hydrogen (secondary N) is 3. The fourth-order valence-electron chi connectivity index (χ4n) is 1.91. The lowest BCUT2D eigenvalue weighted by atomic mass is 10.2. The van der Waals surface area contributed by atoms with Gasteiger partial charge >= 0.3 is 5.76 Å². The molecule has 2 aromatic rings. The van der Waals surface area contributed by atoms with Gasteiger partial charge in [-0.15, -0.1) is 0 Å². The summed E-state index contributed by atoms with van der Waals surface area (Å²) in [5.41, 5.74) is 7.05. The third-order valence-electron chi connectivity index (χ3n) is 2.98. The van der Waals surface area contributed by atoms with Crippen molar-refractivity contribution >= 4 is 34.3 Å². The van der Waals surface area contributed by atoms with Gasteiger partial charge in [0, 0.05) is 6.54 Å². The Bertz CT molecular complexity index is 750. The van der Waals surface area contributed by atoms with Gasteiger partial charge in [-0.1, -0.05) is 13.0 Å². The van der Waals surface area contributed by atoms with Gasteiger partial charge in [-0.05, 0) is 43.3 Å². The van der Waals surface area contributed by atoms with Crippen LogP contribution >= 0.6 is 12.2 Å². The number of aromatic nitrogens is 1. The van der Waals surface area contributed by atoms with Crippen molar-refractivity contribution in [1.82, 2.24) is 20.7 Å². The molecule has 0 aliphatic heterocycles. The molecule has 1 aromatic heterocycles. The Labute approximate surface area is 132 Å². The van der Waals surface area contributed by atoms with E-state index in [0.717, 1.165) is 12.0 Å². The van der Waals surface area contributed by atoms with Crippen molar-refractivity contribution in [2.75, 3.05) is 6.54 Å². The normalized spacial score (nSPS) is 10.5. The number of aryl methyl sites for hydroxylation is 1. The zero-order valence-corrected chi connectivity index (χ0v) is 13.3. The molecule has 7 nitrogen and oxygen atoms in total. The Morgan fingerprint density at radius 2 is 2.14 bits per heavy atom. The Hall–Kier alpha value is -2.35. The Morgan fingerprint density at radius 3 is 2.86 bits per heavy atom. The van der Waals surface area contributed by atoms with Crippen molar-refractivity contribution in [1.29, 1.82) is 0 Å². The molecule has 0 fully saturated rings. The zero-order chi connectivity index (χ0) is 16.1. The summed E-state index contributed by atoms with van der Waals surface area (Å²) >= 11 is 4.98. The maximum Gasteiger partial charge on any atom is 0.420 e. The summed E-state index contributed by atoms with van der Waals surface area (Å²) in [6, 6.07) is 5.35. The van der Waals surface area contributed by atoms with Gasteiger partial charge < -0.3 is 9.73 Å². The minimum atomic E-state index is -0.567. The fraction of sp³-hybridized carbons (Fsp3) is 0.357. The lowest BCUT2D eigenvalue weighted by Crippen LogP contribution is -2.48. The van der Waals surface area contributed by atoms with Crippen molar-refractivity contribution in [3.8, 4) is 0 Å². The number of nitrogens with zero attached hydrogens (tertiary/aromatic N) is 1. The van der Waals surface area contributed by atoms with Crippen molar-refractivity contribution in [2.24, 2.45) is 0 Å². The first-order valence-corrected chi connectivity index (χ1v) is 7.34. The first-order chi connectivity index (χ1) is 10.5. The number of rotatable bonds is 4. The van der Waals surface area contributed by atoms with E-state index in [1.807, 2.05) is 19.9 Å². The molecule has 0 radical (unpaired) electrons. The maximum absolute atomic E-state index is 11.9. The number of fused-ring (bicyclic) bond motifs is 1. The Morgan fingerprint density at radius 1 is 1.36 bits per heavy atom. The number of amides is 1. The fourth-order valence-corrected chi connectivity index (χ4v) is 2.07. The second kappa shape index (κ2) is 7.08. The quantitative estimate of drug-likeness (QED) is 0.570. The molecular formula is C14H18N4O3S. The molecule has 0 bridgehead atoms. The van der Waals surface area contributed by atoms with Gasteiger partial charge in [0.1, 0.15) is 6.54 Å². The second-order valence-electron chi connectivity index (χ2n) is 4.85. The van der Waals surface area contributed by atoms with Gasteiger partial charge in [-0.25, -0.2) is 4.79 Å². The number of hydrogen-bond acceptors (Lipinski definition) is 4. The second-order valence-corrected chi connectivity index (χ2v) is 5.26. The van der Waals surface area contributed by atoms with E-state index in [1.165, 1.54) is 4.57 Å². The Kier molecular flexibility index (Phi) is 5.16. The molecule has 2 rings (SSSR count). The van der Waals surface area contributed by atoms with Crippen LogP contribution in [-0.2, 0) is 11.3 Å². The van der Waals surface area contributed by atoms with E-state index in [1.54, 1.807) is 12.1 Å². The van der Waals surface area contributed by atoms with Gasteiger partial charge in [0.2, 0.25) is 0 Å². The third kappa shape index (κ3) is 3.85. The summed E-state index contributed by atoms with van der Waals surface area (Å²) < 4.78 is 6.38. The lowest BCUT2D eigenvalue weighted by Gasteiger charge is -2.10. The van der Waals surface area contributed by atoms with E-state index in [0.29, 0.717) is 22.8 Å². The monoisotopic (exact) mass is 322 g/mol. The van der Waals surface area contributed by atoms with Gasteiger partial charge in [0.15, 0.2) is 10.7 Å². The molecule has 0 aliphatic rings. The Balaban J connectivity index is 2.03. The number of carbonyl (C=O) groups is 1. The highest BCUT2D eigenvalue weighted by atomic mass is 32.1. The molecular weight excluding hydrogens is 304 g/mol. The number of hydrogen-bond donors (Lipinski definition) is 3. The molecule has 8 heteroatoms. The molecule has 1 heterocycles.